The lowest BCUT2D eigenvalue weighted by Gasteiger charge is -2.19. The Morgan fingerprint density at radius 1 is 1.33 bits per heavy atom. The Bertz CT molecular complexity index is 487. The van der Waals surface area contributed by atoms with Crippen LogP contribution in [0.4, 0.5) is 0 Å². The van der Waals surface area contributed by atoms with E-state index in [2.05, 4.69) is 42.1 Å². The van der Waals surface area contributed by atoms with Crippen LogP contribution >= 0.6 is 11.3 Å². The van der Waals surface area contributed by atoms with E-state index in [0.717, 1.165) is 17.9 Å². The van der Waals surface area contributed by atoms with Gasteiger partial charge in [-0.05, 0) is 62.6 Å². The van der Waals surface area contributed by atoms with Gasteiger partial charge in [0.15, 0.2) is 0 Å². The topological polar surface area (TPSA) is 25.2 Å². The van der Waals surface area contributed by atoms with Crippen LogP contribution in [0.5, 0.6) is 0 Å². The second-order valence-corrected chi connectivity index (χ2v) is 5.77. The third-order valence-electron chi connectivity index (χ3n) is 3.20. The molecule has 0 radical (unpaired) electrons. The van der Waals surface area contributed by atoms with Gasteiger partial charge in [-0.1, -0.05) is 0 Å². The summed E-state index contributed by atoms with van der Waals surface area (Å²) >= 11 is 1.76. The maximum atomic E-state index is 5.58. The number of rotatable bonds is 5. The summed E-state index contributed by atoms with van der Waals surface area (Å²) in [6, 6.07) is 5.12. The van der Waals surface area contributed by atoms with Gasteiger partial charge in [0, 0.05) is 17.6 Å². The summed E-state index contributed by atoms with van der Waals surface area (Å²) in [4.78, 5) is 0. The van der Waals surface area contributed by atoms with E-state index in [1.165, 1.54) is 11.1 Å². The van der Waals surface area contributed by atoms with E-state index in [0.29, 0.717) is 12.1 Å². The fraction of sp³-hybridized carbons (Fsp3) is 0.467. The number of thiophene rings is 1. The van der Waals surface area contributed by atoms with E-state index >= 15 is 0 Å². The first kappa shape index (κ1) is 13.4. The minimum atomic E-state index is 0.330. The van der Waals surface area contributed by atoms with Crippen LogP contribution in [0.1, 0.15) is 42.5 Å². The van der Waals surface area contributed by atoms with Crippen LogP contribution in [-0.2, 0) is 6.42 Å². The number of aryl methyl sites for hydroxylation is 2. The Hall–Kier alpha value is -1.06. The second-order valence-electron chi connectivity index (χ2n) is 4.99. The molecule has 0 amide bonds. The predicted molar refractivity (Wildman–Crippen MR) is 77.2 cm³/mol. The Labute approximate surface area is 113 Å². The maximum absolute atomic E-state index is 5.58. The highest BCUT2D eigenvalue weighted by molar-refractivity contribution is 7.07. The number of furan rings is 1. The molecule has 2 aromatic heterocycles. The molecule has 2 nitrogen and oxygen atoms in total. The van der Waals surface area contributed by atoms with Gasteiger partial charge in [-0.3, -0.25) is 0 Å². The van der Waals surface area contributed by atoms with Gasteiger partial charge in [0.2, 0.25) is 0 Å². The molecule has 1 N–H and O–H groups in total. The highest BCUT2D eigenvalue weighted by atomic mass is 32.1. The average molecular weight is 263 g/mol. The van der Waals surface area contributed by atoms with Gasteiger partial charge in [0.25, 0.3) is 0 Å². The van der Waals surface area contributed by atoms with Crippen molar-refractivity contribution in [3.05, 3.63) is 45.5 Å². The number of nitrogens with one attached hydrogen (secondary N) is 1. The van der Waals surface area contributed by atoms with Crippen LogP contribution < -0.4 is 5.32 Å². The van der Waals surface area contributed by atoms with E-state index < -0.39 is 0 Å². The minimum Gasteiger partial charge on any atom is -0.466 e. The molecular formula is C15H21NOS. The SMILES string of the molecule is Cc1cc(C(C)NC(C)Cc2ccsc2)c(C)o1. The van der Waals surface area contributed by atoms with Crippen LogP contribution in [0.3, 0.4) is 0 Å². The van der Waals surface area contributed by atoms with Crippen LogP contribution in [0.25, 0.3) is 0 Å². The molecule has 0 saturated heterocycles. The molecular weight excluding hydrogens is 242 g/mol. The second kappa shape index (κ2) is 5.72. The van der Waals surface area contributed by atoms with E-state index in [9.17, 15) is 0 Å². The fourth-order valence-corrected chi connectivity index (χ4v) is 3.10. The van der Waals surface area contributed by atoms with Crippen LogP contribution in [0.2, 0.25) is 0 Å². The molecule has 0 aromatic carbocycles. The van der Waals surface area contributed by atoms with Gasteiger partial charge in [-0.2, -0.15) is 11.3 Å². The predicted octanol–water partition coefficient (Wildman–Crippen LogP) is 4.24. The first-order valence-electron chi connectivity index (χ1n) is 6.40. The zero-order valence-electron chi connectivity index (χ0n) is 11.5. The Kier molecular flexibility index (Phi) is 4.25. The summed E-state index contributed by atoms with van der Waals surface area (Å²) in [6.07, 6.45) is 1.07. The van der Waals surface area contributed by atoms with Crippen LogP contribution in [-0.4, -0.2) is 6.04 Å². The maximum Gasteiger partial charge on any atom is 0.105 e. The molecule has 2 aromatic rings. The Balaban J connectivity index is 1.94. The minimum absolute atomic E-state index is 0.330. The molecule has 18 heavy (non-hydrogen) atoms. The summed E-state index contributed by atoms with van der Waals surface area (Å²) in [6.45, 7) is 8.46. The molecule has 98 valence electrons. The molecule has 0 fully saturated rings. The van der Waals surface area contributed by atoms with Crippen molar-refractivity contribution in [1.82, 2.24) is 5.32 Å². The fourth-order valence-electron chi connectivity index (χ4n) is 2.42. The Morgan fingerprint density at radius 3 is 2.67 bits per heavy atom. The van der Waals surface area contributed by atoms with Gasteiger partial charge in [-0.25, -0.2) is 0 Å². The van der Waals surface area contributed by atoms with Crippen molar-refractivity contribution in [3.8, 4) is 0 Å². The smallest absolute Gasteiger partial charge is 0.105 e. The van der Waals surface area contributed by atoms with Gasteiger partial charge in [0.05, 0.1) is 0 Å². The summed E-state index contributed by atoms with van der Waals surface area (Å²) in [5, 5.41) is 7.99. The molecule has 0 spiro atoms. The molecule has 2 atom stereocenters. The highest BCUT2D eigenvalue weighted by Crippen LogP contribution is 2.22. The van der Waals surface area contributed by atoms with Crippen molar-refractivity contribution in [1.29, 1.82) is 0 Å². The normalized spacial score (nSPS) is 14.7. The van der Waals surface area contributed by atoms with Crippen molar-refractivity contribution in [2.24, 2.45) is 0 Å². The lowest BCUT2D eigenvalue weighted by molar-refractivity contribution is 0.459. The van der Waals surface area contributed by atoms with Crippen molar-refractivity contribution >= 4 is 11.3 Å². The summed E-state index contributed by atoms with van der Waals surface area (Å²) in [5.74, 6) is 2.01. The third-order valence-corrected chi connectivity index (χ3v) is 3.93. The van der Waals surface area contributed by atoms with E-state index in [4.69, 9.17) is 4.42 Å². The van der Waals surface area contributed by atoms with Gasteiger partial charge in [0.1, 0.15) is 11.5 Å². The van der Waals surface area contributed by atoms with E-state index in [-0.39, 0.29) is 0 Å². The zero-order valence-corrected chi connectivity index (χ0v) is 12.3. The molecule has 2 rings (SSSR count). The molecule has 0 aliphatic rings. The van der Waals surface area contributed by atoms with Crippen molar-refractivity contribution in [3.63, 3.8) is 0 Å². The molecule has 3 heteroatoms. The number of hydrogen-bond acceptors (Lipinski definition) is 3. The van der Waals surface area contributed by atoms with Crippen molar-refractivity contribution < 1.29 is 4.42 Å². The van der Waals surface area contributed by atoms with Crippen molar-refractivity contribution in [2.45, 2.75) is 46.2 Å². The van der Waals surface area contributed by atoms with Gasteiger partial charge < -0.3 is 9.73 Å². The molecule has 0 aliphatic heterocycles. The summed E-state index contributed by atoms with van der Waals surface area (Å²) < 4.78 is 5.58. The summed E-state index contributed by atoms with van der Waals surface area (Å²) in [7, 11) is 0. The van der Waals surface area contributed by atoms with Gasteiger partial charge >= 0.3 is 0 Å². The van der Waals surface area contributed by atoms with Crippen LogP contribution in [0.15, 0.2) is 27.3 Å². The quantitative estimate of drug-likeness (QED) is 0.873. The first-order chi connectivity index (χ1) is 8.56. The highest BCUT2D eigenvalue weighted by Gasteiger charge is 2.15. The van der Waals surface area contributed by atoms with E-state index in [1.54, 1.807) is 11.3 Å². The number of hydrogen-bond donors (Lipinski definition) is 1. The Morgan fingerprint density at radius 2 is 2.11 bits per heavy atom. The van der Waals surface area contributed by atoms with Gasteiger partial charge in [-0.15, -0.1) is 0 Å². The average Bonchev–Trinajstić information content (AvgIpc) is 2.88. The lowest BCUT2D eigenvalue weighted by Crippen LogP contribution is -2.30. The zero-order chi connectivity index (χ0) is 13.1. The molecule has 0 bridgehead atoms. The molecule has 0 aliphatic carbocycles. The lowest BCUT2D eigenvalue weighted by atomic mass is 10.1. The third kappa shape index (κ3) is 3.24. The first-order valence-corrected chi connectivity index (χ1v) is 7.34. The molecule has 2 unspecified atom stereocenters. The standard InChI is InChI=1S/C15H21NOS/c1-10(7-14-5-6-18-9-14)16-12(3)15-8-11(2)17-13(15)4/h5-6,8-10,12,16H,7H2,1-4H3. The summed E-state index contributed by atoms with van der Waals surface area (Å²) in [5.41, 5.74) is 2.68. The molecule has 2 heterocycles. The van der Waals surface area contributed by atoms with Crippen LogP contribution in [0, 0.1) is 13.8 Å². The largest absolute Gasteiger partial charge is 0.466 e. The molecule has 0 saturated carbocycles. The monoisotopic (exact) mass is 263 g/mol. The van der Waals surface area contributed by atoms with Crippen molar-refractivity contribution in [2.75, 3.05) is 0 Å². The van der Waals surface area contributed by atoms with E-state index in [1.807, 2.05) is 13.8 Å².